The molecule has 3 heteroatoms. The second kappa shape index (κ2) is 4.07. The predicted octanol–water partition coefficient (Wildman–Crippen LogP) is 1.59. The number of pyridine rings is 1. The van der Waals surface area contributed by atoms with Crippen LogP contribution in [0.2, 0.25) is 0 Å². The number of aromatic nitrogens is 1. The Labute approximate surface area is 72.2 Å². The summed E-state index contributed by atoms with van der Waals surface area (Å²) in [6.07, 6.45) is 5.06. The fraction of sp³-hybridized carbons (Fsp3) is 0.444. The van der Waals surface area contributed by atoms with Gasteiger partial charge in [0.15, 0.2) is 0 Å². The zero-order chi connectivity index (χ0) is 8.97. The first-order chi connectivity index (χ1) is 5.74. The summed E-state index contributed by atoms with van der Waals surface area (Å²) in [5, 5.41) is 9.11. The van der Waals surface area contributed by atoms with E-state index in [0.717, 1.165) is 18.4 Å². The van der Waals surface area contributed by atoms with Crippen molar-refractivity contribution in [2.75, 3.05) is 0 Å². The topological polar surface area (TPSA) is 59.1 Å². The van der Waals surface area contributed by atoms with Gasteiger partial charge >= 0.3 is 0 Å². The molecule has 1 aromatic rings. The molecule has 66 valence electrons. The van der Waals surface area contributed by atoms with E-state index in [2.05, 4.69) is 11.9 Å². The van der Waals surface area contributed by atoms with E-state index in [-0.39, 0.29) is 11.8 Å². The molecule has 1 rings (SSSR count). The summed E-state index contributed by atoms with van der Waals surface area (Å²) >= 11 is 0. The van der Waals surface area contributed by atoms with Gasteiger partial charge in [-0.2, -0.15) is 0 Å². The molecule has 0 saturated heterocycles. The standard InChI is InChI=1S/C9H14N2O/c1-2-3-9(10)7-4-8(12)6-11-5-7/h4-6,9,12H,2-3,10H2,1H3. The van der Waals surface area contributed by atoms with Gasteiger partial charge in [-0.3, -0.25) is 4.98 Å². The van der Waals surface area contributed by atoms with E-state index in [0.29, 0.717) is 0 Å². The zero-order valence-corrected chi connectivity index (χ0v) is 7.20. The molecule has 12 heavy (non-hydrogen) atoms. The average molecular weight is 166 g/mol. The van der Waals surface area contributed by atoms with Crippen molar-refractivity contribution in [2.45, 2.75) is 25.8 Å². The molecule has 0 bridgehead atoms. The second-order valence-electron chi connectivity index (χ2n) is 2.87. The lowest BCUT2D eigenvalue weighted by atomic mass is 10.1. The van der Waals surface area contributed by atoms with Crippen LogP contribution in [0.25, 0.3) is 0 Å². The van der Waals surface area contributed by atoms with E-state index >= 15 is 0 Å². The molecule has 0 aliphatic heterocycles. The fourth-order valence-electron chi connectivity index (χ4n) is 1.13. The Hall–Kier alpha value is -1.09. The normalized spacial score (nSPS) is 12.8. The number of nitrogens with zero attached hydrogens (tertiary/aromatic N) is 1. The van der Waals surface area contributed by atoms with Gasteiger partial charge in [0.2, 0.25) is 0 Å². The molecule has 0 amide bonds. The summed E-state index contributed by atoms with van der Waals surface area (Å²) in [4.78, 5) is 3.86. The molecule has 1 atom stereocenters. The lowest BCUT2D eigenvalue weighted by molar-refractivity contribution is 0.470. The Morgan fingerprint density at radius 3 is 2.92 bits per heavy atom. The SMILES string of the molecule is CCCC(N)c1cncc(O)c1. The third-order valence-corrected chi connectivity index (χ3v) is 1.77. The molecule has 1 aromatic heterocycles. The molecular formula is C9H14N2O. The van der Waals surface area contributed by atoms with E-state index in [4.69, 9.17) is 10.8 Å². The maximum atomic E-state index is 9.11. The summed E-state index contributed by atoms with van der Waals surface area (Å²) in [7, 11) is 0. The Balaban J connectivity index is 2.73. The minimum absolute atomic E-state index is 0.00500. The van der Waals surface area contributed by atoms with Crippen LogP contribution in [0.4, 0.5) is 0 Å². The van der Waals surface area contributed by atoms with E-state index in [1.165, 1.54) is 6.20 Å². The Morgan fingerprint density at radius 2 is 2.33 bits per heavy atom. The second-order valence-corrected chi connectivity index (χ2v) is 2.87. The van der Waals surface area contributed by atoms with Crippen LogP contribution in [-0.4, -0.2) is 10.1 Å². The number of hydrogen-bond acceptors (Lipinski definition) is 3. The van der Waals surface area contributed by atoms with Gasteiger partial charge in [-0.1, -0.05) is 13.3 Å². The Kier molecular flexibility index (Phi) is 3.05. The quantitative estimate of drug-likeness (QED) is 0.716. The number of hydrogen-bond donors (Lipinski definition) is 2. The average Bonchev–Trinajstić information content (AvgIpc) is 2.05. The van der Waals surface area contributed by atoms with Crippen molar-refractivity contribution in [3.63, 3.8) is 0 Å². The van der Waals surface area contributed by atoms with Crippen molar-refractivity contribution >= 4 is 0 Å². The number of aromatic hydroxyl groups is 1. The fourth-order valence-corrected chi connectivity index (χ4v) is 1.13. The monoisotopic (exact) mass is 166 g/mol. The highest BCUT2D eigenvalue weighted by atomic mass is 16.3. The van der Waals surface area contributed by atoms with Gasteiger partial charge in [-0.25, -0.2) is 0 Å². The highest BCUT2D eigenvalue weighted by Gasteiger charge is 2.04. The van der Waals surface area contributed by atoms with Crippen molar-refractivity contribution < 1.29 is 5.11 Å². The highest BCUT2D eigenvalue weighted by Crippen LogP contribution is 2.17. The highest BCUT2D eigenvalue weighted by molar-refractivity contribution is 5.24. The lowest BCUT2D eigenvalue weighted by Crippen LogP contribution is -2.09. The van der Waals surface area contributed by atoms with Gasteiger partial charge in [0, 0.05) is 12.2 Å². The molecule has 0 aliphatic carbocycles. The van der Waals surface area contributed by atoms with Gasteiger partial charge < -0.3 is 10.8 Å². The minimum Gasteiger partial charge on any atom is -0.506 e. The summed E-state index contributed by atoms with van der Waals surface area (Å²) < 4.78 is 0. The van der Waals surface area contributed by atoms with Gasteiger partial charge in [0.1, 0.15) is 5.75 Å². The summed E-state index contributed by atoms with van der Waals surface area (Å²) in [5.74, 6) is 0.180. The van der Waals surface area contributed by atoms with E-state index in [9.17, 15) is 0 Å². The van der Waals surface area contributed by atoms with Crippen molar-refractivity contribution in [1.29, 1.82) is 0 Å². The van der Waals surface area contributed by atoms with Gasteiger partial charge in [0.05, 0.1) is 6.20 Å². The molecule has 1 heterocycles. The van der Waals surface area contributed by atoms with Crippen LogP contribution in [0.3, 0.4) is 0 Å². The van der Waals surface area contributed by atoms with Gasteiger partial charge in [0.25, 0.3) is 0 Å². The molecule has 3 N–H and O–H groups in total. The summed E-state index contributed by atoms with van der Waals surface area (Å²) in [6, 6.07) is 1.66. The molecule has 0 aromatic carbocycles. The predicted molar refractivity (Wildman–Crippen MR) is 47.7 cm³/mol. The smallest absolute Gasteiger partial charge is 0.134 e. The van der Waals surface area contributed by atoms with Crippen LogP contribution in [0.15, 0.2) is 18.5 Å². The first kappa shape index (κ1) is 9.00. The van der Waals surface area contributed by atoms with Crippen LogP contribution in [0, 0.1) is 0 Å². The van der Waals surface area contributed by atoms with Crippen LogP contribution in [0.5, 0.6) is 5.75 Å². The Morgan fingerprint density at radius 1 is 1.58 bits per heavy atom. The third-order valence-electron chi connectivity index (χ3n) is 1.77. The molecule has 3 nitrogen and oxygen atoms in total. The van der Waals surface area contributed by atoms with Crippen molar-refractivity contribution in [3.8, 4) is 5.75 Å². The molecular weight excluding hydrogens is 152 g/mol. The molecule has 0 fully saturated rings. The van der Waals surface area contributed by atoms with E-state index in [1.807, 2.05) is 0 Å². The maximum absolute atomic E-state index is 9.11. The van der Waals surface area contributed by atoms with E-state index < -0.39 is 0 Å². The van der Waals surface area contributed by atoms with Crippen molar-refractivity contribution in [3.05, 3.63) is 24.0 Å². The molecule has 0 saturated carbocycles. The molecule has 0 radical (unpaired) electrons. The first-order valence-corrected chi connectivity index (χ1v) is 4.13. The van der Waals surface area contributed by atoms with Gasteiger partial charge in [-0.05, 0) is 18.1 Å². The van der Waals surface area contributed by atoms with Crippen LogP contribution < -0.4 is 5.73 Å². The van der Waals surface area contributed by atoms with Crippen LogP contribution in [-0.2, 0) is 0 Å². The largest absolute Gasteiger partial charge is 0.506 e. The molecule has 1 unspecified atom stereocenters. The number of nitrogens with two attached hydrogens (primary N) is 1. The van der Waals surface area contributed by atoms with E-state index in [1.54, 1.807) is 12.3 Å². The molecule has 0 aliphatic rings. The third kappa shape index (κ3) is 2.20. The summed E-state index contributed by atoms with van der Waals surface area (Å²) in [6.45, 7) is 2.08. The lowest BCUT2D eigenvalue weighted by Gasteiger charge is -2.09. The minimum atomic E-state index is -0.00500. The van der Waals surface area contributed by atoms with Crippen LogP contribution >= 0.6 is 0 Å². The zero-order valence-electron chi connectivity index (χ0n) is 7.20. The van der Waals surface area contributed by atoms with Crippen LogP contribution in [0.1, 0.15) is 31.4 Å². The maximum Gasteiger partial charge on any atom is 0.134 e. The van der Waals surface area contributed by atoms with Crippen molar-refractivity contribution in [1.82, 2.24) is 4.98 Å². The Bertz CT molecular complexity index is 250. The summed E-state index contributed by atoms with van der Waals surface area (Å²) in [5.41, 5.74) is 6.72. The molecule has 0 spiro atoms. The van der Waals surface area contributed by atoms with Crippen molar-refractivity contribution in [2.24, 2.45) is 5.73 Å². The van der Waals surface area contributed by atoms with Gasteiger partial charge in [-0.15, -0.1) is 0 Å². The first-order valence-electron chi connectivity index (χ1n) is 4.13. The number of rotatable bonds is 3.